The van der Waals surface area contributed by atoms with Crippen LogP contribution in [-0.4, -0.2) is 28.7 Å². The molecule has 0 radical (unpaired) electrons. The number of rotatable bonds is 2. The van der Waals surface area contributed by atoms with Gasteiger partial charge in [0.15, 0.2) is 5.78 Å². The number of likely N-dealkylation sites (tertiary alicyclic amines) is 1. The minimum atomic E-state index is -0.151. The molecule has 0 aliphatic carbocycles. The second-order valence-corrected chi connectivity index (χ2v) is 3.71. The Morgan fingerprint density at radius 1 is 1.27 bits per heavy atom. The molecule has 1 fully saturated rings. The van der Waals surface area contributed by atoms with Crippen LogP contribution < -0.4 is 0 Å². The molecular formula is C12H23NO2. The molecule has 1 saturated heterocycles. The molecule has 2 atom stereocenters. The lowest BCUT2D eigenvalue weighted by molar-refractivity contribution is -0.138. The van der Waals surface area contributed by atoms with Gasteiger partial charge in [0.1, 0.15) is 0 Å². The molecule has 0 N–H and O–H groups in total. The maximum absolute atomic E-state index is 11.5. The van der Waals surface area contributed by atoms with E-state index in [0.29, 0.717) is 6.42 Å². The van der Waals surface area contributed by atoms with Crippen molar-refractivity contribution >= 4 is 11.7 Å². The highest BCUT2D eigenvalue weighted by Gasteiger charge is 2.35. The highest BCUT2D eigenvalue weighted by molar-refractivity contribution is 5.88. The summed E-state index contributed by atoms with van der Waals surface area (Å²) in [5.41, 5.74) is 0. The molecule has 1 heterocycles. The summed E-state index contributed by atoms with van der Waals surface area (Å²) in [4.78, 5) is 24.5. The SMILES string of the molecule is CC.CCC(=O)N1C(C)CCC1C(C)=O. The van der Waals surface area contributed by atoms with Gasteiger partial charge in [-0.05, 0) is 26.7 Å². The zero-order chi connectivity index (χ0) is 12.0. The van der Waals surface area contributed by atoms with E-state index in [9.17, 15) is 9.59 Å². The lowest BCUT2D eigenvalue weighted by Crippen LogP contribution is -2.42. The summed E-state index contributed by atoms with van der Waals surface area (Å²) in [5, 5.41) is 0. The second kappa shape index (κ2) is 6.59. The van der Waals surface area contributed by atoms with Crippen LogP contribution in [0.1, 0.15) is 53.9 Å². The first-order chi connectivity index (χ1) is 7.07. The van der Waals surface area contributed by atoms with E-state index < -0.39 is 0 Å². The number of carbonyl (C=O) groups excluding carboxylic acids is 2. The monoisotopic (exact) mass is 213 g/mol. The molecule has 1 aliphatic heterocycles. The van der Waals surface area contributed by atoms with E-state index in [2.05, 4.69) is 0 Å². The molecular weight excluding hydrogens is 190 g/mol. The number of carbonyl (C=O) groups is 2. The van der Waals surface area contributed by atoms with E-state index in [0.717, 1.165) is 12.8 Å². The molecule has 0 aromatic carbocycles. The van der Waals surface area contributed by atoms with Crippen molar-refractivity contribution < 1.29 is 9.59 Å². The van der Waals surface area contributed by atoms with Crippen molar-refractivity contribution in [1.29, 1.82) is 0 Å². The molecule has 0 bridgehead atoms. The lowest BCUT2D eigenvalue weighted by atomic mass is 10.1. The fraction of sp³-hybridized carbons (Fsp3) is 0.833. The normalized spacial score (nSPS) is 24.5. The molecule has 2 unspecified atom stereocenters. The van der Waals surface area contributed by atoms with Gasteiger partial charge >= 0.3 is 0 Å². The van der Waals surface area contributed by atoms with Gasteiger partial charge in [-0.3, -0.25) is 9.59 Å². The molecule has 1 rings (SSSR count). The van der Waals surface area contributed by atoms with Gasteiger partial charge < -0.3 is 4.90 Å². The fourth-order valence-corrected chi connectivity index (χ4v) is 1.99. The van der Waals surface area contributed by atoms with E-state index in [-0.39, 0.29) is 23.8 Å². The van der Waals surface area contributed by atoms with Gasteiger partial charge in [-0.25, -0.2) is 0 Å². The Morgan fingerprint density at radius 3 is 2.20 bits per heavy atom. The quantitative estimate of drug-likeness (QED) is 0.706. The highest BCUT2D eigenvalue weighted by atomic mass is 16.2. The lowest BCUT2D eigenvalue weighted by Gasteiger charge is -2.26. The molecule has 88 valence electrons. The van der Waals surface area contributed by atoms with Crippen molar-refractivity contribution in [1.82, 2.24) is 4.90 Å². The van der Waals surface area contributed by atoms with Gasteiger partial charge in [-0.15, -0.1) is 0 Å². The summed E-state index contributed by atoms with van der Waals surface area (Å²) in [6.07, 6.45) is 2.28. The van der Waals surface area contributed by atoms with E-state index >= 15 is 0 Å². The average Bonchev–Trinajstić information content (AvgIpc) is 2.62. The summed E-state index contributed by atoms with van der Waals surface area (Å²) in [5.74, 6) is 0.219. The Hall–Kier alpha value is -0.860. The molecule has 0 spiro atoms. The van der Waals surface area contributed by atoms with Crippen molar-refractivity contribution in [3.8, 4) is 0 Å². The highest BCUT2D eigenvalue weighted by Crippen LogP contribution is 2.25. The van der Waals surface area contributed by atoms with Gasteiger partial charge in [-0.2, -0.15) is 0 Å². The van der Waals surface area contributed by atoms with Crippen LogP contribution in [0.5, 0.6) is 0 Å². The third-order valence-corrected chi connectivity index (χ3v) is 2.73. The molecule has 0 aromatic rings. The van der Waals surface area contributed by atoms with Crippen molar-refractivity contribution in [3.63, 3.8) is 0 Å². The van der Waals surface area contributed by atoms with Gasteiger partial charge in [-0.1, -0.05) is 20.8 Å². The smallest absolute Gasteiger partial charge is 0.223 e. The first-order valence-electron chi connectivity index (χ1n) is 5.89. The summed E-state index contributed by atoms with van der Waals surface area (Å²) >= 11 is 0. The van der Waals surface area contributed by atoms with Gasteiger partial charge in [0.25, 0.3) is 0 Å². The van der Waals surface area contributed by atoms with Gasteiger partial charge in [0.05, 0.1) is 6.04 Å². The van der Waals surface area contributed by atoms with Crippen LogP contribution in [0.2, 0.25) is 0 Å². The largest absolute Gasteiger partial charge is 0.330 e. The Balaban J connectivity index is 0.000000921. The second-order valence-electron chi connectivity index (χ2n) is 3.71. The molecule has 1 amide bonds. The summed E-state index contributed by atoms with van der Waals surface area (Å²) in [6, 6.07) is 0.0869. The number of nitrogens with zero attached hydrogens (tertiary/aromatic N) is 1. The fourth-order valence-electron chi connectivity index (χ4n) is 1.99. The first kappa shape index (κ1) is 14.1. The minimum Gasteiger partial charge on any atom is -0.330 e. The van der Waals surface area contributed by atoms with Crippen LogP contribution in [0.4, 0.5) is 0 Å². The zero-order valence-corrected chi connectivity index (χ0v) is 10.5. The van der Waals surface area contributed by atoms with E-state index in [1.165, 1.54) is 0 Å². The van der Waals surface area contributed by atoms with Crippen LogP contribution in [0.25, 0.3) is 0 Å². The van der Waals surface area contributed by atoms with Gasteiger partial charge in [0.2, 0.25) is 5.91 Å². The number of amides is 1. The van der Waals surface area contributed by atoms with E-state index in [1.54, 1.807) is 11.8 Å². The Kier molecular flexibility index (Phi) is 6.21. The Bertz CT molecular complexity index is 226. The molecule has 15 heavy (non-hydrogen) atoms. The topological polar surface area (TPSA) is 37.4 Å². The van der Waals surface area contributed by atoms with Crippen LogP contribution in [-0.2, 0) is 9.59 Å². The summed E-state index contributed by atoms with van der Waals surface area (Å²) in [7, 11) is 0. The molecule has 0 saturated carbocycles. The minimum absolute atomic E-state index is 0.102. The van der Waals surface area contributed by atoms with Crippen molar-refractivity contribution in [2.75, 3.05) is 0 Å². The van der Waals surface area contributed by atoms with E-state index in [1.807, 2.05) is 27.7 Å². The third-order valence-electron chi connectivity index (χ3n) is 2.73. The molecule has 3 heteroatoms. The zero-order valence-electron chi connectivity index (χ0n) is 10.5. The number of Topliss-reactive ketones (excluding diaryl/α,β-unsaturated/α-hetero) is 1. The predicted octanol–water partition coefficient (Wildman–Crippen LogP) is 2.39. The van der Waals surface area contributed by atoms with Crippen LogP contribution in [0, 0.1) is 0 Å². The number of hydrogen-bond donors (Lipinski definition) is 0. The Morgan fingerprint density at radius 2 is 1.80 bits per heavy atom. The number of hydrogen-bond acceptors (Lipinski definition) is 2. The van der Waals surface area contributed by atoms with Gasteiger partial charge in [0, 0.05) is 12.5 Å². The van der Waals surface area contributed by atoms with Crippen LogP contribution in [0.3, 0.4) is 0 Å². The average molecular weight is 213 g/mol. The van der Waals surface area contributed by atoms with Crippen molar-refractivity contribution in [2.45, 2.75) is 66.0 Å². The van der Waals surface area contributed by atoms with E-state index in [4.69, 9.17) is 0 Å². The third kappa shape index (κ3) is 3.33. The number of ketones is 1. The van der Waals surface area contributed by atoms with Crippen molar-refractivity contribution in [2.24, 2.45) is 0 Å². The molecule has 0 aromatic heterocycles. The predicted molar refractivity (Wildman–Crippen MR) is 61.7 cm³/mol. The van der Waals surface area contributed by atoms with Crippen LogP contribution in [0.15, 0.2) is 0 Å². The summed E-state index contributed by atoms with van der Waals surface area (Å²) in [6.45, 7) is 9.42. The van der Waals surface area contributed by atoms with Crippen molar-refractivity contribution in [3.05, 3.63) is 0 Å². The first-order valence-corrected chi connectivity index (χ1v) is 5.89. The summed E-state index contributed by atoms with van der Waals surface area (Å²) < 4.78 is 0. The Labute approximate surface area is 92.8 Å². The maximum atomic E-state index is 11.5. The molecule has 3 nitrogen and oxygen atoms in total. The molecule has 1 aliphatic rings. The van der Waals surface area contributed by atoms with Crippen LogP contribution >= 0.6 is 0 Å². The standard InChI is InChI=1S/C10H17NO2.C2H6/c1-4-10(13)11-7(2)5-6-9(11)8(3)12;1-2/h7,9H,4-6H2,1-3H3;1-2H3. The maximum Gasteiger partial charge on any atom is 0.223 e.